The minimum atomic E-state index is -1.34. The second-order valence-corrected chi connectivity index (χ2v) is 4.45. The van der Waals surface area contributed by atoms with Crippen molar-refractivity contribution < 1.29 is 14.3 Å². The lowest BCUT2D eigenvalue weighted by atomic mass is 10.3. The predicted molar refractivity (Wildman–Crippen MR) is 70.6 cm³/mol. The molecule has 0 bridgehead atoms. The molecule has 0 aliphatic carbocycles. The highest BCUT2D eigenvalue weighted by Crippen LogP contribution is 2.25. The number of benzene rings is 1. The first kappa shape index (κ1) is 12.5. The maximum Gasteiger partial charge on any atom is 0.154 e. The van der Waals surface area contributed by atoms with Crippen LogP contribution in [0.3, 0.4) is 0 Å². The van der Waals surface area contributed by atoms with Gasteiger partial charge >= 0.3 is 0 Å². The minimum Gasteiger partial charge on any atom is -0.543 e. The summed E-state index contributed by atoms with van der Waals surface area (Å²) < 4.78 is 6.44. The molecule has 0 aliphatic heterocycles. The molecule has 0 saturated carbocycles. The van der Waals surface area contributed by atoms with Gasteiger partial charge < -0.3 is 14.3 Å². The van der Waals surface area contributed by atoms with Crippen molar-refractivity contribution in [3.63, 3.8) is 0 Å². The number of nitrogens with zero attached hydrogens (tertiary/aromatic N) is 2. The lowest BCUT2D eigenvalue weighted by Crippen LogP contribution is -2.25. The van der Waals surface area contributed by atoms with E-state index in [9.17, 15) is 9.90 Å². The molecular weight excluding hydrogens is 280 g/mol. The number of aromatic carboxylic acids is 1. The maximum absolute atomic E-state index is 11.2. The van der Waals surface area contributed by atoms with E-state index in [-0.39, 0.29) is 5.69 Å². The first-order chi connectivity index (χ1) is 9.66. The average molecular weight is 288 g/mol. The Morgan fingerprint density at radius 3 is 2.70 bits per heavy atom. The Bertz CT molecular complexity index is 763. The fraction of sp³-hybridized carbons (Fsp3) is 0. The van der Waals surface area contributed by atoms with Gasteiger partial charge in [-0.1, -0.05) is 23.7 Å². The smallest absolute Gasteiger partial charge is 0.154 e. The molecule has 0 amide bonds. The molecule has 0 saturated heterocycles. The average Bonchev–Trinajstić information content (AvgIpc) is 3.08. The Hall–Kier alpha value is -2.53. The van der Waals surface area contributed by atoms with Crippen molar-refractivity contribution in [3.8, 4) is 17.1 Å². The number of carboxylic acid groups (broad SMARTS) is 1. The van der Waals surface area contributed by atoms with Crippen LogP contribution in [0.15, 0.2) is 53.1 Å². The number of halogens is 1. The van der Waals surface area contributed by atoms with Crippen LogP contribution >= 0.6 is 11.6 Å². The van der Waals surface area contributed by atoms with Crippen molar-refractivity contribution in [2.24, 2.45) is 0 Å². The molecule has 0 atom stereocenters. The minimum absolute atomic E-state index is 0.0931. The number of hydrogen-bond acceptors (Lipinski definition) is 4. The van der Waals surface area contributed by atoms with E-state index in [4.69, 9.17) is 16.0 Å². The fourth-order valence-corrected chi connectivity index (χ4v) is 2.09. The van der Waals surface area contributed by atoms with Crippen LogP contribution in [0.25, 0.3) is 17.1 Å². The van der Waals surface area contributed by atoms with E-state index >= 15 is 0 Å². The molecule has 0 unspecified atom stereocenters. The molecular formula is C14H8ClN2O3-. The van der Waals surface area contributed by atoms with Crippen LogP contribution < -0.4 is 5.11 Å². The van der Waals surface area contributed by atoms with E-state index in [0.29, 0.717) is 22.2 Å². The Kier molecular flexibility index (Phi) is 3.04. The monoisotopic (exact) mass is 287 g/mol. The molecule has 0 radical (unpaired) electrons. The van der Waals surface area contributed by atoms with Crippen molar-refractivity contribution in [1.82, 2.24) is 9.78 Å². The highest BCUT2D eigenvalue weighted by molar-refractivity contribution is 6.32. The molecule has 0 aliphatic rings. The van der Waals surface area contributed by atoms with Crippen LogP contribution in [0, 0.1) is 0 Å². The molecule has 0 N–H and O–H groups in total. The molecule has 3 rings (SSSR count). The van der Waals surface area contributed by atoms with Gasteiger partial charge in [0.1, 0.15) is 5.69 Å². The zero-order chi connectivity index (χ0) is 14.1. The highest BCUT2D eigenvalue weighted by atomic mass is 35.5. The van der Waals surface area contributed by atoms with Gasteiger partial charge in [-0.05, 0) is 30.3 Å². The van der Waals surface area contributed by atoms with Crippen molar-refractivity contribution in [3.05, 3.63) is 59.4 Å². The summed E-state index contributed by atoms with van der Waals surface area (Å²) in [5.41, 5.74) is 0.768. The van der Waals surface area contributed by atoms with E-state index in [1.165, 1.54) is 17.0 Å². The zero-order valence-corrected chi connectivity index (χ0v) is 10.9. The number of carbonyl (C=O) groups is 1. The van der Waals surface area contributed by atoms with E-state index in [0.717, 1.165) is 0 Å². The molecule has 6 heteroatoms. The van der Waals surface area contributed by atoms with E-state index < -0.39 is 5.97 Å². The summed E-state index contributed by atoms with van der Waals surface area (Å²) in [6, 6.07) is 11.6. The molecule has 100 valence electrons. The van der Waals surface area contributed by atoms with Gasteiger partial charge in [0, 0.05) is 0 Å². The van der Waals surface area contributed by atoms with Crippen LogP contribution in [0.1, 0.15) is 10.5 Å². The Balaban J connectivity index is 2.20. The summed E-state index contributed by atoms with van der Waals surface area (Å²) in [5.74, 6) is -0.867. The number of rotatable bonds is 3. The lowest BCUT2D eigenvalue weighted by molar-refractivity contribution is -0.255. The van der Waals surface area contributed by atoms with Crippen LogP contribution in [0.4, 0.5) is 0 Å². The zero-order valence-electron chi connectivity index (χ0n) is 10.1. The molecule has 0 spiro atoms. The van der Waals surface area contributed by atoms with Gasteiger partial charge in [0.15, 0.2) is 5.76 Å². The van der Waals surface area contributed by atoms with E-state index in [1.54, 1.807) is 36.4 Å². The SMILES string of the molecule is O=C([O-])c1cc(-c2ccco2)nn1-c1ccccc1Cl. The van der Waals surface area contributed by atoms with Crippen molar-refractivity contribution in [2.45, 2.75) is 0 Å². The number of hydrogen-bond donors (Lipinski definition) is 0. The van der Waals surface area contributed by atoms with Gasteiger partial charge in [-0.2, -0.15) is 5.10 Å². The number of carbonyl (C=O) groups excluding carboxylic acids is 1. The topological polar surface area (TPSA) is 71.1 Å². The molecule has 5 nitrogen and oxygen atoms in total. The molecule has 20 heavy (non-hydrogen) atoms. The van der Waals surface area contributed by atoms with Gasteiger partial charge in [0.2, 0.25) is 0 Å². The number of aromatic nitrogens is 2. The van der Waals surface area contributed by atoms with Gasteiger partial charge in [-0.25, -0.2) is 4.68 Å². The summed E-state index contributed by atoms with van der Waals surface area (Å²) in [5, 5.41) is 15.9. The lowest BCUT2D eigenvalue weighted by Gasteiger charge is -2.09. The quantitative estimate of drug-likeness (QED) is 0.740. The van der Waals surface area contributed by atoms with Crippen LogP contribution in [-0.2, 0) is 0 Å². The first-order valence-corrected chi connectivity index (χ1v) is 6.15. The van der Waals surface area contributed by atoms with Crippen molar-refractivity contribution in [1.29, 1.82) is 0 Å². The van der Waals surface area contributed by atoms with Gasteiger partial charge in [0.05, 0.1) is 28.6 Å². The van der Waals surface area contributed by atoms with Crippen LogP contribution in [-0.4, -0.2) is 15.7 Å². The fourth-order valence-electron chi connectivity index (χ4n) is 1.88. The Labute approximate surface area is 119 Å². The number of carboxylic acids is 1. The third-order valence-corrected chi connectivity index (χ3v) is 3.09. The van der Waals surface area contributed by atoms with Crippen LogP contribution in [0.5, 0.6) is 0 Å². The standard InChI is InChI=1S/C14H9ClN2O3/c15-9-4-1-2-5-11(9)17-12(14(18)19)8-10(16-17)13-6-3-7-20-13/h1-8H,(H,18,19)/p-1. The second kappa shape index (κ2) is 4.86. The molecule has 3 aromatic rings. The first-order valence-electron chi connectivity index (χ1n) is 5.77. The summed E-state index contributed by atoms with van der Waals surface area (Å²) in [7, 11) is 0. The summed E-state index contributed by atoms with van der Waals surface area (Å²) in [4.78, 5) is 11.2. The highest BCUT2D eigenvalue weighted by Gasteiger charge is 2.15. The normalized spacial score (nSPS) is 10.7. The third kappa shape index (κ3) is 2.08. The van der Waals surface area contributed by atoms with Gasteiger partial charge in [-0.15, -0.1) is 0 Å². The van der Waals surface area contributed by atoms with Crippen molar-refractivity contribution >= 4 is 17.6 Å². The van der Waals surface area contributed by atoms with Gasteiger partial charge in [-0.3, -0.25) is 0 Å². The second-order valence-electron chi connectivity index (χ2n) is 4.04. The molecule has 0 fully saturated rings. The summed E-state index contributed by atoms with van der Waals surface area (Å²) in [6.07, 6.45) is 1.49. The van der Waals surface area contributed by atoms with E-state index in [2.05, 4.69) is 5.10 Å². The van der Waals surface area contributed by atoms with Crippen LogP contribution in [0.2, 0.25) is 5.02 Å². The van der Waals surface area contributed by atoms with Gasteiger partial charge in [0.25, 0.3) is 0 Å². The predicted octanol–water partition coefficient (Wildman–Crippen LogP) is 2.15. The maximum atomic E-state index is 11.2. The van der Waals surface area contributed by atoms with E-state index in [1.807, 2.05) is 0 Å². The Morgan fingerprint density at radius 2 is 2.05 bits per heavy atom. The third-order valence-electron chi connectivity index (χ3n) is 2.77. The van der Waals surface area contributed by atoms with Crippen molar-refractivity contribution in [2.75, 3.05) is 0 Å². The summed E-state index contributed by atoms with van der Waals surface area (Å²) >= 11 is 6.07. The Morgan fingerprint density at radius 1 is 1.25 bits per heavy atom. The largest absolute Gasteiger partial charge is 0.543 e. The number of para-hydroxylation sites is 1. The number of furan rings is 1. The molecule has 2 heterocycles. The molecule has 2 aromatic heterocycles. The molecule has 1 aromatic carbocycles. The summed E-state index contributed by atoms with van der Waals surface area (Å²) in [6.45, 7) is 0.